The minimum atomic E-state index is -0.157. The number of piperidine rings is 1. The van der Waals surface area contributed by atoms with Crippen molar-refractivity contribution in [2.24, 2.45) is 33.5 Å². The number of carbonyl (C=O) groups excluding carboxylic acids is 1. The first-order valence-electron chi connectivity index (χ1n) is 15.0. The first-order valence-corrected chi connectivity index (χ1v) is 15.0. The van der Waals surface area contributed by atoms with E-state index in [-0.39, 0.29) is 18.0 Å². The molecule has 2 aliphatic heterocycles. The molecule has 1 amide bonds. The van der Waals surface area contributed by atoms with Crippen LogP contribution in [0, 0.1) is 11.3 Å². The van der Waals surface area contributed by atoms with E-state index in [1.54, 1.807) is 6.20 Å². The van der Waals surface area contributed by atoms with Crippen LogP contribution in [0.5, 0.6) is 0 Å². The van der Waals surface area contributed by atoms with Crippen LogP contribution in [-0.2, 0) is 4.79 Å². The average Bonchev–Trinajstić information content (AvgIpc) is 3.37. The molecule has 39 heavy (non-hydrogen) atoms. The van der Waals surface area contributed by atoms with Crippen LogP contribution in [-0.4, -0.2) is 48.4 Å². The van der Waals surface area contributed by atoms with Crippen molar-refractivity contribution < 1.29 is 4.79 Å². The second-order valence-corrected chi connectivity index (χ2v) is 11.0. The number of amidine groups is 1. The summed E-state index contributed by atoms with van der Waals surface area (Å²) in [5.74, 6) is 1.22. The summed E-state index contributed by atoms with van der Waals surface area (Å²) in [4.78, 5) is 18.7. The van der Waals surface area contributed by atoms with Crippen molar-refractivity contribution in [1.82, 2.24) is 10.2 Å². The lowest BCUT2D eigenvalue weighted by molar-refractivity contribution is -0.119. The Bertz CT molecular complexity index is 942. The van der Waals surface area contributed by atoms with Crippen molar-refractivity contribution in [1.29, 1.82) is 0 Å². The van der Waals surface area contributed by atoms with Gasteiger partial charge in [-0.2, -0.15) is 0 Å². The normalized spacial score (nSPS) is 24.7. The predicted molar refractivity (Wildman–Crippen MR) is 166 cm³/mol. The lowest BCUT2D eigenvalue weighted by Crippen LogP contribution is -2.43. The fourth-order valence-corrected chi connectivity index (χ4v) is 5.99. The van der Waals surface area contributed by atoms with Crippen LogP contribution in [0.3, 0.4) is 0 Å². The maximum Gasteiger partial charge on any atom is 0.217 e. The first-order chi connectivity index (χ1) is 18.8. The number of nitrogens with two attached hydrogens (primary N) is 3. The molecule has 0 radical (unpaired) electrons. The fraction of sp³-hybridized carbons (Fsp3) is 0.625. The zero-order valence-corrected chi connectivity index (χ0v) is 24.9. The van der Waals surface area contributed by atoms with Crippen LogP contribution in [0.1, 0.15) is 85.5 Å². The Labute approximate surface area is 237 Å². The Morgan fingerprint density at radius 2 is 1.79 bits per heavy atom. The molecule has 3 rings (SSSR count). The molecule has 1 saturated carbocycles. The highest BCUT2D eigenvalue weighted by Gasteiger charge is 2.38. The molecule has 3 aliphatic rings. The van der Waals surface area contributed by atoms with E-state index in [9.17, 15) is 4.79 Å². The molecule has 0 bridgehead atoms. The summed E-state index contributed by atoms with van der Waals surface area (Å²) in [6, 6.07) is -0.0720. The number of amides is 1. The molecule has 2 unspecified atom stereocenters. The Morgan fingerprint density at radius 3 is 2.33 bits per heavy atom. The Kier molecular flexibility index (Phi) is 13.6. The van der Waals surface area contributed by atoms with Crippen LogP contribution >= 0.6 is 0 Å². The maximum absolute atomic E-state index is 11.3. The summed E-state index contributed by atoms with van der Waals surface area (Å²) in [5, 5.41) is 3.51. The minimum absolute atomic E-state index is 0.00844. The predicted octanol–water partition coefficient (Wildman–Crippen LogP) is 5.07. The zero-order chi connectivity index (χ0) is 28.8. The smallest absolute Gasteiger partial charge is 0.217 e. The first kappa shape index (κ1) is 32.4. The summed E-state index contributed by atoms with van der Waals surface area (Å²) in [5.41, 5.74) is 21.2. The molecular weight excluding hydrogens is 484 g/mol. The van der Waals surface area contributed by atoms with Gasteiger partial charge in [-0.05, 0) is 99.2 Å². The van der Waals surface area contributed by atoms with Gasteiger partial charge in [0.25, 0.3) is 0 Å². The van der Waals surface area contributed by atoms with E-state index in [0.717, 1.165) is 68.0 Å². The van der Waals surface area contributed by atoms with Gasteiger partial charge in [0.15, 0.2) is 0 Å². The third-order valence-corrected chi connectivity index (χ3v) is 8.41. The van der Waals surface area contributed by atoms with Gasteiger partial charge in [-0.3, -0.25) is 14.7 Å². The highest BCUT2D eigenvalue weighted by Crippen LogP contribution is 2.46. The van der Waals surface area contributed by atoms with E-state index < -0.39 is 0 Å². The molecule has 218 valence electrons. The Morgan fingerprint density at radius 1 is 1.13 bits per heavy atom. The molecule has 0 aromatic carbocycles. The molecule has 0 aromatic rings. The summed E-state index contributed by atoms with van der Waals surface area (Å²) < 4.78 is 0. The van der Waals surface area contributed by atoms with Crippen LogP contribution in [0.25, 0.3) is 0 Å². The number of hydrogen-bond acceptors (Lipinski definition) is 6. The second kappa shape index (κ2) is 16.3. The van der Waals surface area contributed by atoms with Crippen LogP contribution in [0.4, 0.5) is 0 Å². The largest absolute Gasteiger partial charge is 0.404 e. The molecule has 1 spiro atoms. The quantitative estimate of drug-likeness (QED) is 0.216. The van der Waals surface area contributed by atoms with Gasteiger partial charge in [0.05, 0.1) is 6.04 Å². The van der Waals surface area contributed by atoms with Gasteiger partial charge in [-0.1, -0.05) is 52.0 Å². The summed E-state index contributed by atoms with van der Waals surface area (Å²) in [6.07, 6.45) is 21.3. The van der Waals surface area contributed by atoms with Crippen molar-refractivity contribution in [3.63, 3.8) is 0 Å². The third-order valence-electron chi connectivity index (χ3n) is 8.41. The van der Waals surface area contributed by atoms with E-state index in [0.29, 0.717) is 17.8 Å². The van der Waals surface area contributed by atoms with Gasteiger partial charge in [0.2, 0.25) is 5.91 Å². The van der Waals surface area contributed by atoms with E-state index in [1.807, 2.05) is 26.0 Å². The molecule has 2 atom stereocenters. The zero-order valence-electron chi connectivity index (χ0n) is 24.9. The van der Waals surface area contributed by atoms with Crippen LogP contribution in [0.2, 0.25) is 0 Å². The molecular formula is C32H54N6O. The summed E-state index contributed by atoms with van der Waals surface area (Å²) in [6.45, 7) is 15.2. The number of aliphatic imine (C=N–C) groups is 1. The monoisotopic (exact) mass is 538 g/mol. The van der Waals surface area contributed by atoms with Crippen molar-refractivity contribution in [2.75, 3.05) is 19.6 Å². The molecule has 7 N–H and O–H groups in total. The Hall–Kier alpha value is -2.80. The molecule has 7 heteroatoms. The van der Waals surface area contributed by atoms with Gasteiger partial charge >= 0.3 is 0 Å². The maximum atomic E-state index is 11.3. The van der Waals surface area contributed by atoms with Crippen molar-refractivity contribution in [3.8, 4) is 0 Å². The number of hydrogen-bond donors (Lipinski definition) is 4. The number of rotatable bonds is 11. The van der Waals surface area contributed by atoms with Crippen LogP contribution < -0.4 is 22.5 Å². The van der Waals surface area contributed by atoms with E-state index in [4.69, 9.17) is 22.2 Å². The SMILES string of the molecule is C=CC1NC(/C(=C/C=C(\N)CN2CCC3(CCC(CC(N)=O)CC3)CC2)CC)=NC1C(/C=C\CC)=C/N.CC. The number of nitrogens with one attached hydrogen (secondary N) is 1. The fourth-order valence-electron chi connectivity index (χ4n) is 5.99. The number of allylic oxidation sites excluding steroid dienone is 3. The number of primary amides is 1. The summed E-state index contributed by atoms with van der Waals surface area (Å²) in [7, 11) is 0. The lowest BCUT2D eigenvalue weighted by Gasteiger charge is -2.46. The molecule has 2 heterocycles. The highest BCUT2D eigenvalue weighted by molar-refractivity contribution is 6.00. The van der Waals surface area contributed by atoms with Gasteiger partial charge in [0, 0.05) is 18.7 Å². The molecule has 7 nitrogen and oxygen atoms in total. The molecule has 2 fully saturated rings. The Balaban J connectivity index is 0.00000260. The van der Waals surface area contributed by atoms with Crippen molar-refractivity contribution >= 4 is 11.7 Å². The third kappa shape index (κ3) is 9.41. The number of likely N-dealkylation sites (tertiary alicyclic amines) is 1. The van der Waals surface area contributed by atoms with E-state index >= 15 is 0 Å². The number of nitrogens with zero attached hydrogens (tertiary/aromatic N) is 2. The van der Waals surface area contributed by atoms with Gasteiger partial charge < -0.3 is 22.5 Å². The summed E-state index contributed by atoms with van der Waals surface area (Å²) >= 11 is 0. The molecule has 1 saturated heterocycles. The van der Waals surface area contributed by atoms with Gasteiger partial charge in [0.1, 0.15) is 11.9 Å². The molecule has 0 aromatic heterocycles. The van der Waals surface area contributed by atoms with E-state index in [1.165, 1.54) is 25.7 Å². The lowest BCUT2D eigenvalue weighted by atomic mass is 9.65. The van der Waals surface area contributed by atoms with E-state index in [2.05, 4.69) is 48.9 Å². The number of carbonyl (C=O) groups is 1. The van der Waals surface area contributed by atoms with Gasteiger partial charge in [-0.25, -0.2) is 0 Å². The highest BCUT2D eigenvalue weighted by atomic mass is 16.1. The van der Waals surface area contributed by atoms with Crippen molar-refractivity contribution in [2.45, 2.75) is 97.6 Å². The van der Waals surface area contributed by atoms with Crippen molar-refractivity contribution in [3.05, 3.63) is 60.0 Å². The van der Waals surface area contributed by atoms with Gasteiger partial charge in [-0.15, -0.1) is 6.58 Å². The molecule has 1 aliphatic carbocycles. The average molecular weight is 539 g/mol. The second-order valence-electron chi connectivity index (χ2n) is 11.0. The standard InChI is InChI=1S/C30H48N6O.C2H6/c1-4-7-8-24(20-31)28-26(6-3)34-29(35-28)23(5-2)9-10-25(32)21-36-17-15-30(16-18-36)13-11-22(12-14-30)19-27(33)37;1-2/h6-10,20,22,26,28H,3-5,11-19,21,31-32H2,1-2H3,(H2,33,37)(H,34,35);1-2H3/b8-7-,23-9+,24-20+,25-10-;. The van der Waals surface area contributed by atoms with Crippen LogP contribution in [0.15, 0.2) is 65.0 Å². The topological polar surface area (TPSA) is 123 Å². The minimum Gasteiger partial charge on any atom is -0.404 e.